The highest BCUT2D eigenvalue weighted by Crippen LogP contribution is 2.28. The van der Waals surface area contributed by atoms with Gasteiger partial charge in [-0.05, 0) is 40.1 Å². The molecule has 72 valence electrons. The molecule has 3 heteroatoms. The Morgan fingerprint density at radius 1 is 1.21 bits per heavy atom. The molecule has 2 rings (SSSR count). The predicted octanol–water partition coefficient (Wildman–Crippen LogP) is 2.46. The lowest BCUT2D eigenvalue weighted by Crippen LogP contribution is -1.98. The van der Waals surface area contributed by atoms with Crippen LogP contribution in [0.5, 0.6) is 0 Å². The van der Waals surface area contributed by atoms with E-state index in [9.17, 15) is 0 Å². The van der Waals surface area contributed by atoms with Gasteiger partial charge >= 0.3 is 0 Å². The summed E-state index contributed by atoms with van der Waals surface area (Å²) < 4.78 is 0. The van der Waals surface area contributed by atoms with Gasteiger partial charge in [-0.25, -0.2) is 0 Å². The van der Waals surface area contributed by atoms with E-state index in [1.54, 1.807) is 11.3 Å². The van der Waals surface area contributed by atoms with Crippen LogP contribution < -0.4 is 11.5 Å². The van der Waals surface area contributed by atoms with Gasteiger partial charge in [-0.3, -0.25) is 0 Å². The van der Waals surface area contributed by atoms with Gasteiger partial charge in [0, 0.05) is 17.8 Å². The zero-order chi connectivity index (χ0) is 9.97. The first-order valence-electron chi connectivity index (χ1n) is 4.42. The summed E-state index contributed by atoms with van der Waals surface area (Å²) in [6.07, 6.45) is 0. The quantitative estimate of drug-likeness (QED) is 0.738. The summed E-state index contributed by atoms with van der Waals surface area (Å²) in [6.45, 7) is 0.553. The fourth-order valence-corrected chi connectivity index (χ4v) is 2.05. The van der Waals surface area contributed by atoms with Crippen LogP contribution in [0.2, 0.25) is 0 Å². The van der Waals surface area contributed by atoms with Gasteiger partial charge in [0.25, 0.3) is 0 Å². The molecule has 0 aliphatic heterocycles. The van der Waals surface area contributed by atoms with Crippen molar-refractivity contribution in [1.29, 1.82) is 0 Å². The first kappa shape index (κ1) is 9.24. The van der Waals surface area contributed by atoms with Crippen molar-refractivity contribution in [3.05, 3.63) is 40.6 Å². The second-order valence-electron chi connectivity index (χ2n) is 3.14. The van der Waals surface area contributed by atoms with Crippen molar-refractivity contribution in [3.63, 3.8) is 0 Å². The minimum absolute atomic E-state index is 0.553. The van der Waals surface area contributed by atoms with E-state index in [-0.39, 0.29) is 0 Å². The smallest absolute Gasteiger partial charge is 0.0394 e. The summed E-state index contributed by atoms with van der Waals surface area (Å²) in [4.78, 5) is 0. The van der Waals surface area contributed by atoms with Crippen LogP contribution in [0.3, 0.4) is 0 Å². The van der Waals surface area contributed by atoms with Crippen molar-refractivity contribution >= 4 is 17.0 Å². The Labute approximate surface area is 87.2 Å². The Hall–Kier alpha value is -1.32. The molecule has 1 aromatic carbocycles. The van der Waals surface area contributed by atoms with Gasteiger partial charge in [0.15, 0.2) is 0 Å². The maximum atomic E-state index is 5.90. The van der Waals surface area contributed by atoms with Crippen LogP contribution in [0.25, 0.3) is 11.1 Å². The van der Waals surface area contributed by atoms with Gasteiger partial charge in [0.1, 0.15) is 0 Å². The van der Waals surface area contributed by atoms with Gasteiger partial charge in [-0.1, -0.05) is 6.07 Å². The molecule has 0 aliphatic carbocycles. The molecular formula is C11H12N2S. The number of hydrogen-bond donors (Lipinski definition) is 2. The third-order valence-electron chi connectivity index (χ3n) is 2.19. The van der Waals surface area contributed by atoms with E-state index in [2.05, 4.69) is 17.5 Å². The maximum Gasteiger partial charge on any atom is 0.0394 e. The molecule has 0 saturated heterocycles. The Morgan fingerprint density at radius 3 is 2.71 bits per heavy atom. The predicted molar refractivity (Wildman–Crippen MR) is 62.1 cm³/mol. The van der Waals surface area contributed by atoms with Gasteiger partial charge in [-0.2, -0.15) is 11.3 Å². The number of nitrogens with two attached hydrogens (primary N) is 2. The lowest BCUT2D eigenvalue weighted by Gasteiger charge is -2.05. The average molecular weight is 204 g/mol. The molecule has 1 heterocycles. The third-order valence-corrected chi connectivity index (χ3v) is 2.87. The summed E-state index contributed by atoms with van der Waals surface area (Å²) in [6, 6.07) is 7.99. The average Bonchev–Trinajstić information content (AvgIpc) is 2.71. The highest BCUT2D eigenvalue weighted by molar-refractivity contribution is 7.08. The molecule has 0 spiro atoms. The van der Waals surface area contributed by atoms with Gasteiger partial charge in [-0.15, -0.1) is 0 Å². The molecule has 0 amide bonds. The molecule has 1 aromatic heterocycles. The Kier molecular flexibility index (Phi) is 2.52. The van der Waals surface area contributed by atoms with Crippen LogP contribution in [0.4, 0.5) is 5.69 Å². The molecule has 0 radical (unpaired) electrons. The van der Waals surface area contributed by atoms with Crippen LogP contribution in [-0.2, 0) is 6.54 Å². The van der Waals surface area contributed by atoms with Crippen molar-refractivity contribution < 1.29 is 0 Å². The summed E-state index contributed by atoms with van der Waals surface area (Å²) in [5, 5.41) is 4.13. The van der Waals surface area contributed by atoms with E-state index in [0.717, 1.165) is 16.8 Å². The molecule has 2 aromatic rings. The zero-order valence-corrected chi connectivity index (χ0v) is 8.55. The Bertz CT molecular complexity index is 421. The lowest BCUT2D eigenvalue weighted by molar-refractivity contribution is 1.07. The molecule has 0 bridgehead atoms. The first-order chi connectivity index (χ1) is 6.81. The standard InChI is InChI=1S/C11H12N2S/c12-6-8-1-2-11(13)10(5-8)9-3-4-14-7-9/h1-5,7H,6,12-13H2. The van der Waals surface area contributed by atoms with Gasteiger partial charge < -0.3 is 11.5 Å². The molecular weight excluding hydrogens is 192 g/mol. The third kappa shape index (κ3) is 1.64. The van der Waals surface area contributed by atoms with Crippen LogP contribution in [0.15, 0.2) is 35.0 Å². The van der Waals surface area contributed by atoms with Gasteiger partial charge in [0.05, 0.1) is 0 Å². The summed E-state index contributed by atoms with van der Waals surface area (Å²) in [7, 11) is 0. The largest absolute Gasteiger partial charge is 0.398 e. The zero-order valence-electron chi connectivity index (χ0n) is 7.73. The number of hydrogen-bond acceptors (Lipinski definition) is 3. The highest BCUT2D eigenvalue weighted by Gasteiger charge is 2.03. The van der Waals surface area contributed by atoms with Crippen molar-refractivity contribution in [2.45, 2.75) is 6.54 Å². The normalized spacial score (nSPS) is 10.4. The van der Waals surface area contributed by atoms with E-state index >= 15 is 0 Å². The fourth-order valence-electron chi connectivity index (χ4n) is 1.40. The van der Waals surface area contributed by atoms with Crippen LogP contribution in [0.1, 0.15) is 5.56 Å². The molecule has 0 aliphatic rings. The summed E-state index contributed by atoms with van der Waals surface area (Å²) >= 11 is 1.67. The minimum Gasteiger partial charge on any atom is -0.398 e. The van der Waals surface area contributed by atoms with E-state index in [1.807, 2.05) is 17.5 Å². The SMILES string of the molecule is NCc1ccc(N)c(-c2ccsc2)c1. The number of thiophene rings is 1. The van der Waals surface area contributed by atoms with E-state index in [4.69, 9.17) is 11.5 Å². The fraction of sp³-hybridized carbons (Fsp3) is 0.0909. The van der Waals surface area contributed by atoms with E-state index < -0.39 is 0 Å². The number of benzene rings is 1. The molecule has 0 unspecified atom stereocenters. The molecule has 2 nitrogen and oxygen atoms in total. The summed E-state index contributed by atoms with van der Waals surface area (Å²) in [5.74, 6) is 0. The van der Waals surface area contributed by atoms with Crippen LogP contribution in [0, 0.1) is 0 Å². The number of anilines is 1. The summed E-state index contributed by atoms with van der Waals surface area (Å²) in [5.41, 5.74) is 15.6. The van der Waals surface area contributed by atoms with Crippen molar-refractivity contribution in [2.75, 3.05) is 5.73 Å². The molecule has 0 atom stereocenters. The topological polar surface area (TPSA) is 52.0 Å². The molecule has 4 N–H and O–H groups in total. The van der Waals surface area contributed by atoms with Crippen LogP contribution in [-0.4, -0.2) is 0 Å². The first-order valence-corrected chi connectivity index (χ1v) is 5.36. The Morgan fingerprint density at radius 2 is 2.07 bits per heavy atom. The van der Waals surface area contributed by atoms with Crippen molar-refractivity contribution in [2.24, 2.45) is 5.73 Å². The van der Waals surface area contributed by atoms with E-state index in [0.29, 0.717) is 6.54 Å². The maximum absolute atomic E-state index is 5.90. The Balaban J connectivity index is 2.51. The highest BCUT2D eigenvalue weighted by atomic mass is 32.1. The number of nitrogen functional groups attached to an aromatic ring is 1. The second kappa shape index (κ2) is 3.82. The van der Waals surface area contributed by atoms with Gasteiger partial charge in [0.2, 0.25) is 0 Å². The molecule has 0 fully saturated rings. The van der Waals surface area contributed by atoms with Crippen molar-refractivity contribution in [1.82, 2.24) is 0 Å². The lowest BCUT2D eigenvalue weighted by atomic mass is 10.0. The van der Waals surface area contributed by atoms with Crippen molar-refractivity contribution in [3.8, 4) is 11.1 Å². The molecule has 0 saturated carbocycles. The second-order valence-corrected chi connectivity index (χ2v) is 3.92. The number of rotatable bonds is 2. The minimum atomic E-state index is 0.553. The van der Waals surface area contributed by atoms with E-state index in [1.165, 1.54) is 5.56 Å². The molecule has 14 heavy (non-hydrogen) atoms. The monoisotopic (exact) mass is 204 g/mol. The van der Waals surface area contributed by atoms with Crippen LogP contribution >= 0.6 is 11.3 Å².